The van der Waals surface area contributed by atoms with Crippen LogP contribution in [0.5, 0.6) is 69.0 Å². The first kappa shape index (κ1) is 69.4. The fourth-order valence-corrected chi connectivity index (χ4v) is 11.8. The van der Waals surface area contributed by atoms with Crippen LogP contribution in [0.25, 0.3) is 0 Å². The van der Waals surface area contributed by atoms with E-state index < -0.39 is 0 Å². The van der Waals surface area contributed by atoms with Crippen molar-refractivity contribution in [2.24, 2.45) is 0 Å². The number of benzene rings is 9. The van der Waals surface area contributed by atoms with Gasteiger partial charge in [-0.2, -0.15) is 15.8 Å². The normalized spacial score (nSPS) is 10.7. The maximum Gasteiger partial charge on any atom is 0.174 e. The monoisotopic (exact) mass is 1290 g/mol. The predicted octanol–water partition coefficient (Wildman–Crippen LogP) is 15.7. The lowest BCUT2D eigenvalue weighted by Gasteiger charge is -2.21. The maximum absolute atomic E-state index is 9.99. The molecule has 9 aromatic carbocycles. The second kappa shape index (κ2) is 35.9. The van der Waals surface area contributed by atoms with E-state index in [0.717, 1.165) is 105 Å². The van der Waals surface area contributed by atoms with Gasteiger partial charge < -0.3 is 56.8 Å². The highest BCUT2D eigenvalue weighted by molar-refractivity contribution is 5.59. The van der Waals surface area contributed by atoms with Crippen molar-refractivity contribution < 1.29 is 56.8 Å². The Kier molecular flexibility index (Phi) is 26.0. The molecule has 0 aliphatic rings. The summed E-state index contributed by atoms with van der Waals surface area (Å²) in [4.78, 5) is 0. The minimum absolute atomic E-state index is 0.116. The molecule has 9 aromatic rings. The third-order valence-electron chi connectivity index (χ3n) is 16.6. The molecule has 0 radical (unpaired) electrons. The summed E-state index contributed by atoms with van der Waals surface area (Å²) in [6.45, 7) is 2.91. The van der Waals surface area contributed by atoms with Crippen LogP contribution in [0.4, 0.5) is 0 Å². The van der Waals surface area contributed by atoms with E-state index in [4.69, 9.17) is 56.8 Å². The molecule has 0 unspecified atom stereocenters. The summed E-state index contributed by atoms with van der Waals surface area (Å²) in [5.74, 6) is 7.39. The molecule has 15 heteroatoms. The Bertz CT molecular complexity index is 4140. The molecule has 0 amide bonds. The molecule has 96 heavy (non-hydrogen) atoms. The van der Waals surface area contributed by atoms with Crippen molar-refractivity contribution in [2.75, 3.05) is 82.3 Å². The summed E-state index contributed by atoms with van der Waals surface area (Å²) in [5.41, 5.74) is 12.7. The van der Waals surface area contributed by atoms with Crippen LogP contribution in [-0.4, -0.2) is 82.3 Å². The Morgan fingerprint density at radius 1 is 0.271 bits per heavy atom. The van der Waals surface area contributed by atoms with Gasteiger partial charge in [-0.3, -0.25) is 0 Å². The quantitative estimate of drug-likeness (QED) is 0.0335. The van der Waals surface area contributed by atoms with Crippen molar-refractivity contribution in [2.45, 2.75) is 77.6 Å². The van der Waals surface area contributed by atoms with E-state index in [-0.39, 0.29) is 19.8 Å². The second-order valence-electron chi connectivity index (χ2n) is 23.0. The lowest BCUT2D eigenvalue weighted by Crippen LogP contribution is -2.08. The van der Waals surface area contributed by atoms with Gasteiger partial charge in [0.2, 0.25) is 0 Å². The van der Waals surface area contributed by atoms with Crippen LogP contribution in [0.15, 0.2) is 170 Å². The first-order valence-corrected chi connectivity index (χ1v) is 32.2. The van der Waals surface area contributed by atoms with E-state index in [0.29, 0.717) is 115 Å². The van der Waals surface area contributed by atoms with Crippen LogP contribution in [-0.2, 0) is 51.4 Å². The average Bonchev–Trinajstić information content (AvgIpc) is 0.808. The second-order valence-corrected chi connectivity index (χ2v) is 23.0. The Labute approximate surface area is 564 Å². The van der Waals surface area contributed by atoms with E-state index in [1.165, 1.54) is 16.7 Å². The van der Waals surface area contributed by atoms with Gasteiger partial charge in [0.1, 0.15) is 87.2 Å². The highest BCUT2D eigenvalue weighted by atomic mass is 16.5. The minimum atomic E-state index is -0.211. The first-order valence-electron chi connectivity index (χ1n) is 32.2. The number of ether oxygens (including phenoxy) is 12. The SMILES string of the molecule is COc1ccc(OCC#N)c(Cc2cc(OCCCc3ccccc3)c(Cc3cc(OCC#N)c(Cc4cc(OCCCc5ccccc5)c(Cc5cc(OCC#N)c(Cc6cc(OCCCc7ccccc7)c(C)cc6OC)cc5OC)cc4OC)cc3OC)cc2OC)c1. The summed E-state index contributed by atoms with van der Waals surface area (Å²) >= 11 is 0. The number of nitrogens with zero attached hydrogens (tertiary/aromatic N) is 3. The predicted molar refractivity (Wildman–Crippen MR) is 371 cm³/mol. The summed E-state index contributed by atoms with van der Waals surface area (Å²) in [7, 11) is 9.83. The highest BCUT2D eigenvalue weighted by Gasteiger charge is 2.24. The highest BCUT2D eigenvalue weighted by Crippen LogP contribution is 2.42. The Balaban J connectivity index is 1.05. The van der Waals surface area contributed by atoms with Crippen molar-refractivity contribution in [1.82, 2.24) is 0 Å². The fraction of sp³-hybridized carbons (Fsp3) is 0.296. The van der Waals surface area contributed by atoms with E-state index in [2.05, 4.69) is 66.7 Å². The van der Waals surface area contributed by atoms with E-state index in [1.54, 1.807) is 54.8 Å². The molecule has 0 saturated carbocycles. The molecule has 0 aromatic heterocycles. The molecule has 0 saturated heterocycles. The van der Waals surface area contributed by atoms with Crippen molar-refractivity contribution in [1.29, 1.82) is 15.8 Å². The van der Waals surface area contributed by atoms with Crippen LogP contribution in [0.2, 0.25) is 0 Å². The lowest BCUT2D eigenvalue weighted by atomic mass is 9.93. The van der Waals surface area contributed by atoms with E-state index >= 15 is 0 Å². The molecule has 0 aliphatic carbocycles. The fourth-order valence-electron chi connectivity index (χ4n) is 11.8. The third-order valence-corrected chi connectivity index (χ3v) is 16.6. The third kappa shape index (κ3) is 19.1. The standard InChI is InChI=1S/C81H83N3O12/c1-56-40-73(86-3)61(47-72(56)91-34-17-26-57-20-11-8-12-21-57)42-68-50-76(89-6)64(54-80(68)95-38-32-83)44-67-49-75(88-5)63(53-79(67)93-36-19-28-59-24-15-10-16-25-59)45-69-51-77(90-7)65(55-81(69)96-39-33-84)43-66-48-74(87-4)62(41-60-46-70(85-2)29-30-71(60)94-37-31-82)52-78(66)92-35-18-27-58-22-13-9-14-23-58/h8-16,20-25,29-30,40,46-55H,17-19,26-28,34-39,41-45H2,1-7H3. The van der Waals surface area contributed by atoms with Gasteiger partial charge in [0, 0.05) is 87.7 Å². The number of rotatable bonds is 37. The zero-order valence-electron chi connectivity index (χ0n) is 55.9. The summed E-state index contributed by atoms with van der Waals surface area (Å²) < 4.78 is 74.8. The molecule has 0 bridgehead atoms. The van der Waals surface area contributed by atoms with Crippen LogP contribution >= 0.6 is 0 Å². The summed E-state index contributed by atoms with van der Waals surface area (Å²) in [6.07, 6.45) is 6.69. The first-order chi connectivity index (χ1) is 47.1. The van der Waals surface area contributed by atoms with Gasteiger partial charge in [-0.25, -0.2) is 0 Å². The van der Waals surface area contributed by atoms with Crippen LogP contribution < -0.4 is 56.8 Å². The van der Waals surface area contributed by atoms with Crippen LogP contribution in [0.1, 0.15) is 97.2 Å². The molecule has 0 atom stereocenters. The smallest absolute Gasteiger partial charge is 0.174 e. The number of hydrogen-bond donors (Lipinski definition) is 0. The molecule has 0 aliphatic heterocycles. The van der Waals surface area contributed by atoms with Gasteiger partial charge in [0.15, 0.2) is 19.8 Å². The van der Waals surface area contributed by atoms with Crippen LogP contribution in [0.3, 0.4) is 0 Å². The van der Waals surface area contributed by atoms with Gasteiger partial charge in [-0.1, -0.05) is 91.0 Å². The number of nitriles is 3. The largest absolute Gasteiger partial charge is 0.497 e. The Hall–Kier alpha value is -11.0. The number of hydrogen-bond acceptors (Lipinski definition) is 15. The minimum Gasteiger partial charge on any atom is -0.497 e. The van der Waals surface area contributed by atoms with Crippen molar-refractivity contribution in [3.63, 3.8) is 0 Å². The molecule has 0 fully saturated rings. The van der Waals surface area contributed by atoms with Gasteiger partial charge in [-0.05, 0) is 147 Å². The Morgan fingerprint density at radius 2 is 0.542 bits per heavy atom. The van der Waals surface area contributed by atoms with Gasteiger partial charge in [0.05, 0.1) is 62.5 Å². The molecular weight excluding hydrogens is 1210 g/mol. The summed E-state index contributed by atoms with van der Waals surface area (Å²) in [6, 6.07) is 62.8. The molecule has 15 nitrogen and oxygen atoms in total. The van der Waals surface area contributed by atoms with E-state index in [1.807, 2.05) is 116 Å². The maximum atomic E-state index is 9.99. The van der Waals surface area contributed by atoms with Crippen molar-refractivity contribution in [3.8, 4) is 87.2 Å². The van der Waals surface area contributed by atoms with E-state index in [9.17, 15) is 15.8 Å². The topological polar surface area (TPSA) is 182 Å². The van der Waals surface area contributed by atoms with Gasteiger partial charge >= 0.3 is 0 Å². The van der Waals surface area contributed by atoms with Crippen molar-refractivity contribution >= 4 is 0 Å². The van der Waals surface area contributed by atoms with Gasteiger partial charge in [-0.15, -0.1) is 0 Å². The molecule has 9 rings (SSSR count). The van der Waals surface area contributed by atoms with Crippen LogP contribution in [0, 0.1) is 40.9 Å². The van der Waals surface area contributed by atoms with Gasteiger partial charge in [0.25, 0.3) is 0 Å². The molecule has 0 heterocycles. The lowest BCUT2D eigenvalue weighted by molar-refractivity contribution is 0.306. The molecular formula is C81H83N3O12. The number of aryl methyl sites for hydroxylation is 4. The summed E-state index contributed by atoms with van der Waals surface area (Å²) in [5, 5.41) is 29.3. The Morgan fingerprint density at radius 3 is 0.865 bits per heavy atom. The average molecular weight is 1290 g/mol. The zero-order valence-corrected chi connectivity index (χ0v) is 55.9. The molecule has 0 N–H and O–H groups in total. The zero-order chi connectivity index (χ0) is 67.4. The van der Waals surface area contributed by atoms with Crippen molar-refractivity contribution in [3.05, 3.63) is 248 Å². The molecule has 494 valence electrons. The molecule has 0 spiro atoms. The number of methoxy groups -OCH3 is 6.